The smallest absolute Gasteiger partial charge is 0.307 e. The first kappa shape index (κ1) is 27.9. The zero-order valence-electron chi connectivity index (χ0n) is 23.6. The molecule has 4 aliphatic rings. The lowest BCUT2D eigenvalue weighted by molar-refractivity contribution is -0.240. The van der Waals surface area contributed by atoms with Crippen LogP contribution in [0.3, 0.4) is 0 Å². The number of hydrogen-bond acceptors (Lipinski definition) is 5. The number of fused-ring (bicyclic) bond motifs is 5. The van der Waals surface area contributed by atoms with Gasteiger partial charge in [-0.05, 0) is 99.8 Å². The van der Waals surface area contributed by atoms with Crippen molar-refractivity contribution in [3.63, 3.8) is 0 Å². The van der Waals surface area contributed by atoms with Crippen molar-refractivity contribution in [2.75, 3.05) is 6.54 Å². The van der Waals surface area contributed by atoms with Crippen molar-refractivity contribution in [1.82, 2.24) is 5.32 Å². The molecule has 0 radical (unpaired) electrons. The van der Waals surface area contributed by atoms with Crippen molar-refractivity contribution in [1.29, 1.82) is 0 Å². The summed E-state index contributed by atoms with van der Waals surface area (Å²) in [6, 6.07) is 0.292. The zero-order valence-corrected chi connectivity index (χ0v) is 23.6. The van der Waals surface area contributed by atoms with E-state index < -0.39 is 12.3 Å². The quantitative estimate of drug-likeness (QED) is 0.294. The molecule has 10 atom stereocenters. The first-order valence-corrected chi connectivity index (χ1v) is 14.8. The Bertz CT molecular complexity index is 800. The van der Waals surface area contributed by atoms with E-state index >= 15 is 0 Å². The highest BCUT2D eigenvalue weighted by Crippen LogP contribution is 2.67. The largest absolute Gasteiger partial charge is 0.481 e. The van der Waals surface area contributed by atoms with Crippen LogP contribution >= 0.6 is 0 Å². The SMILES string of the molecule is CCC(=O)OC(C)OC1CCC[C@@H]2CC[C@@H]3[C@H]([C@H](NCCC(C)C)C[C@]4(C)[C@@H](C(=O)O)CC[C@@H]34)[C@@]12C. The van der Waals surface area contributed by atoms with E-state index in [1.807, 2.05) is 13.8 Å². The Labute approximate surface area is 218 Å². The molecule has 0 heterocycles. The molecule has 0 amide bonds. The molecule has 4 fully saturated rings. The molecule has 0 bridgehead atoms. The molecule has 6 heteroatoms. The Morgan fingerprint density at radius 2 is 1.81 bits per heavy atom. The summed E-state index contributed by atoms with van der Waals surface area (Å²) in [5.41, 5.74) is -0.160. The summed E-state index contributed by atoms with van der Waals surface area (Å²) in [6.07, 6.45) is 9.57. The average Bonchev–Trinajstić information content (AvgIpc) is 3.16. The lowest BCUT2D eigenvalue weighted by Gasteiger charge is -2.64. The Morgan fingerprint density at radius 1 is 1.06 bits per heavy atom. The second-order valence-corrected chi connectivity index (χ2v) is 13.3. The maximum Gasteiger partial charge on any atom is 0.307 e. The van der Waals surface area contributed by atoms with Crippen molar-refractivity contribution in [3.8, 4) is 0 Å². The first-order chi connectivity index (χ1) is 17.0. The molecule has 0 aromatic carbocycles. The van der Waals surface area contributed by atoms with Crippen molar-refractivity contribution < 1.29 is 24.2 Å². The number of hydrogen-bond donors (Lipinski definition) is 2. The number of esters is 1. The van der Waals surface area contributed by atoms with Crippen LogP contribution < -0.4 is 5.32 Å². The molecule has 0 aromatic rings. The van der Waals surface area contributed by atoms with E-state index in [0.717, 1.165) is 45.1 Å². The third kappa shape index (κ3) is 4.98. The van der Waals surface area contributed by atoms with Gasteiger partial charge in [-0.15, -0.1) is 0 Å². The summed E-state index contributed by atoms with van der Waals surface area (Å²) in [7, 11) is 0. The van der Waals surface area contributed by atoms with Crippen molar-refractivity contribution in [3.05, 3.63) is 0 Å². The fraction of sp³-hybridized carbons (Fsp3) is 0.933. The van der Waals surface area contributed by atoms with Crippen LogP contribution in [0.5, 0.6) is 0 Å². The zero-order chi connectivity index (χ0) is 26.3. The summed E-state index contributed by atoms with van der Waals surface area (Å²) >= 11 is 0. The van der Waals surface area contributed by atoms with Crippen molar-refractivity contribution >= 4 is 11.9 Å². The molecule has 6 nitrogen and oxygen atoms in total. The number of carboxylic acid groups (broad SMARTS) is 1. The van der Waals surface area contributed by atoms with E-state index in [2.05, 4.69) is 33.0 Å². The topological polar surface area (TPSA) is 84.9 Å². The molecule has 4 aliphatic carbocycles. The first-order valence-electron chi connectivity index (χ1n) is 14.8. The summed E-state index contributed by atoms with van der Waals surface area (Å²) in [6.45, 7) is 13.9. The Balaban J connectivity index is 1.67. The van der Waals surface area contributed by atoms with E-state index in [1.165, 1.54) is 19.3 Å². The van der Waals surface area contributed by atoms with E-state index in [4.69, 9.17) is 9.47 Å². The standard InChI is InChI=1S/C30H51NO5/c1-7-26(32)36-19(4)35-25-10-8-9-20-11-12-21-22-13-14-23(28(33)34)29(22,5)17-24(27(21)30(20,25)6)31-16-15-18(2)3/h18-25,27,31H,7-17H2,1-6H3,(H,33,34)/t19?,20-,21+,22+,23-,24-,25?,27-,29+,30-/m1/s1. The Kier molecular flexibility index (Phi) is 8.46. The molecule has 36 heavy (non-hydrogen) atoms. The Morgan fingerprint density at radius 3 is 2.47 bits per heavy atom. The molecule has 4 saturated carbocycles. The highest BCUT2D eigenvalue weighted by Gasteiger charge is 2.65. The van der Waals surface area contributed by atoms with Gasteiger partial charge in [-0.2, -0.15) is 0 Å². The molecule has 0 aromatic heterocycles. The monoisotopic (exact) mass is 505 g/mol. The minimum Gasteiger partial charge on any atom is -0.481 e. The lowest BCUT2D eigenvalue weighted by atomic mass is 9.43. The number of aliphatic carboxylic acids is 1. The normalized spacial score (nSPS) is 42.8. The van der Waals surface area contributed by atoms with Gasteiger partial charge in [0.1, 0.15) is 0 Å². The van der Waals surface area contributed by atoms with E-state index in [0.29, 0.717) is 42.1 Å². The molecule has 2 N–H and O–H groups in total. The van der Waals surface area contributed by atoms with Crippen LogP contribution in [0.15, 0.2) is 0 Å². The van der Waals surface area contributed by atoms with Gasteiger partial charge in [-0.1, -0.05) is 41.0 Å². The van der Waals surface area contributed by atoms with Gasteiger partial charge in [0.25, 0.3) is 0 Å². The van der Waals surface area contributed by atoms with Crippen LogP contribution in [0.1, 0.15) is 106 Å². The molecule has 0 saturated heterocycles. The van der Waals surface area contributed by atoms with Crippen LogP contribution in [0.25, 0.3) is 0 Å². The Hall–Kier alpha value is -1.14. The molecule has 0 aliphatic heterocycles. The predicted octanol–water partition coefficient (Wildman–Crippen LogP) is 6.03. The highest BCUT2D eigenvalue weighted by molar-refractivity contribution is 5.71. The van der Waals surface area contributed by atoms with Gasteiger partial charge in [-0.25, -0.2) is 0 Å². The number of rotatable bonds is 9. The van der Waals surface area contributed by atoms with Crippen molar-refractivity contribution in [2.24, 2.45) is 46.3 Å². The minimum absolute atomic E-state index is 0.00775. The van der Waals surface area contributed by atoms with Gasteiger partial charge in [0.15, 0.2) is 6.29 Å². The number of carboxylic acids is 1. The molecule has 2 unspecified atom stereocenters. The number of carbonyl (C=O) groups excluding carboxylic acids is 1. The average molecular weight is 506 g/mol. The summed E-state index contributed by atoms with van der Waals surface area (Å²) in [5, 5.41) is 14.1. The number of ether oxygens (including phenoxy) is 2. The van der Waals surface area contributed by atoms with Crippen LogP contribution in [0, 0.1) is 46.3 Å². The third-order valence-corrected chi connectivity index (χ3v) is 11.0. The molecule has 0 spiro atoms. The second-order valence-electron chi connectivity index (χ2n) is 13.3. The maximum absolute atomic E-state index is 12.3. The van der Waals surface area contributed by atoms with E-state index in [9.17, 15) is 14.7 Å². The van der Waals surface area contributed by atoms with E-state index in [1.54, 1.807) is 0 Å². The van der Waals surface area contributed by atoms with E-state index in [-0.39, 0.29) is 28.8 Å². The van der Waals surface area contributed by atoms with Crippen LogP contribution in [0.2, 0.25) is 0 Å². The molecular weight excluding hydrogens is 454 g/mol. The summed E-state index contributed by atoms with van der Waals surface area (Å²) < 4.78 is 12.2. The highest BCUT2D eigenvalue weighted by atomic mass is 16.7. The number of carbonyl (C=O) groups is 2. The third-order valence-electron chi connectivity index (χ3n) is 11.0. The molecular formula is C30H51NO5. The lowest BCUT2D eigenvalue weighted by Crippen LogP contribution is -2.65. The number of nitrogens with one attached hydrogen (secondary N) is 1. The van der Waals surface area contributed by atoms with Crippen molar-refractivity contribution in [2.45, 2.75) is 124 Å². The predicted molar refractivity (Wildman–Crippen MR) is 140 cm³/mol. The summed E-state index contributed by atoms with van der Waals surface area (Å²) in [4.78, 5) is 24.3. The van der Waals surface area contributed by atoms with Crippen LogP contribution in [0.4, 0.5) is 0 Å². The van der Waals surface area contributed by atoms with Gasteiger partial charge in [0.2, 0.25) is 0 Å². The minimum atomic E-state index is -0.607. The van der Waals surface area contributed by atoms with Gasteiger partial charge in [-0.3, -0.25) is 9.59 Å². The van der Waals surface area contributed by atoms with Gasteiger partial charge in [0, 0.05) is 17.9 Å². The fourth-order valence-corrected chi connectivity index (χ4v) is 9.36. The molecule has 4 rings (SSSR count). The van der Waals surface area contributed by atoms with Gasteiger partial charge in [0.05, 0.1) is 12.0 Å². The van der Waals surface area contributed by atoms with Crippen LogP contribution in [-0.4, -0.2) is 42.0 Å². The van der Waals surface area contributed by atoms with Gasteiger partial charge >= 0.3 is 11.9 Å². The molecule has 206 valence electrons. The van der Waals surface area contributed by atoms with Gasteiger partial charge < -0.3 is 19.9 Å². The van der Waals surface area contributed by atoms with Crippen LogP contribution in [-0.2, 0) is 19.1 Å². The second kappa shape index (κ2) is 10.9. The maximum atomic E-state index is 12.3. The summed E-state index contributed by atoms with van der Waals surface area (Å²) in [5.74, 6) is 1.60. The fourth-order valence-electron chi connectivity index (χ4n) is 9.36.